The molecule has 1 aliphatic heterocycles. The summed E-state index contributed by atoms with van der Waals surface area (Å²) in [6.07, 6.45) is 1.72. The molecule has 0 N–H and O–H groups in total. The van der Waals surface area contributed by atoms with Gasteiger partial charge in [-0.15, -0.1) is 0 Å². The minimum Gasteiger partial charge on any atom is -0.490 e. The number of hydrogen-bond acceptors (Lipinski definition) is 5. The number of carbonyl (C=O) groups excluding carboxylic acids is 2. The van der Waals surface area contributed by atoms with E-state index in [1.54, 1.807) is 6.08 Å². The summed E-state index contributed by atoms with van der Waals surface area (Å²) in [5.74, 6) is 0.849. The third-order valence-corrected chi connectivity index (χ3v) is 7.43. The number of benzene rings is 4. The molecule has 2 amide bonds. The Morgan fingerprint density at radius 3 is 2.49 bits per heavy atom. The van der Waals surface area contributed by atoms with Gasteiger partial charge in [0.25, 0.3) is 11.1 Å². The maximum Gasteiger partial charge on any atom is 0.293 e. The fourth-order valence-corrected chi connectivity index (χ4v) is 5.60. The van der Waals surface area contributed by atoms with Crippen LogP contribution in [0.25, 0.3) is 16.8 Å². The molecule has 0 atom stereocenters. The molecule has 5 nitrogen and oxygen atoms in total. The van der Waals surface area contributed by atoms with Crippen molar-refractivity contribution in [2.24, 2.45) is 0 Å². The Bertz CT molecular complexity index is 1500. The minimum absolute atomic E-state index is 0.226. The van der Waals surface area contributed by atoms with Crippen LogP contribution in [-0.2, 0) is 17.9 Å². The molecule has 0 aliphatic carbocycles. The van der Waals surface area contributed by atoms with Crippen LogP contribution in [0.2, 0.25) is 0 Å². The first-order valence-electron chi connectivity index (χ1n) is 11.9. The Labute approximate surface area is 228 Å². The van der Waals surface area contributed by atoms with E-state index < -0.39 is 0 Å². The Morgan fingerprint density at radius 1 is 0.919 bits per heavy atom. The van der Waals surface area contributed by atoms with Crippen LogP contribution in [0, 0.1) is 0 Å². The summed E-state index contributed by atoms with van der Waals surface area (Å²) in [6.45, 7) is 2.98. The van der Waals surface area contributed by atoms with Gasteiger partial charge >= 0.3 is 0 Å². The monoisotopic (exact) mass is 573 g/mol. The van der Waals surface area contributed by atoms with Gasteiger partial charge in [-0.2, -0.15) is 0 Å². The first kappa shape index (κ1) is 25.1. The predicted octanol–water partition coefficient (Wildman–Crippen LogP) is 7.82. The van der Waals surface area contributed by atoms with E-state index in [-0.39, 0.29) is 17.7 Å². The molecule has 4 aromatic rings. The van der Waals surface area contributed by atoms with E-state index in [0.29, 0.717) is 34.1 Å². The first-order valence-corrected chi connectivity index (χ1v) is 13.5. The second-order valence-electron chi connectivity index (χ2n) is 8.44. The minimum atomic E-state index is -0.304. The predicted molar refractivity (Wildman–Crippen MR) is 152 cm³/mol. The van der Waals surface area contributed by atoms with E-state index in [4.69, 9.17) is 9.47 Å². The van der Waals surface area contributed by atoms with Gasteiger partial charge < -0.3 is 9.47 Å². The molecule has 0 radical (unpaired) electrons. The topological polar surface area (TPSA) is 55.8 Å². The van der Waals surface area contributed by atoms with Crippen molar-refractivity contribution in [1.29, 1.82) is 0 Å². The zero-order valence-corrected chi connectivity index (χ0v) is 22.6. The van der Waals surface area contributed by atoms with E-state index in [1.807, 2.05) is 91.9 Å². The first-order chi connectivity index (χ1) is 18.0. The molecule has 0 aromatic heterocycles. The number of fused-ring (bicyclic) bond motifs is 1. The van der Waals surface area contributed by atoms with Crippen LogP contribution in [0.1, 0.15) is 23.6 Å². The summed E-state index contributed by atoms with van der Waals surface area (Å²) >= 11 is 4.54. The number of halogens is 1. The van der Waals surface area contributed by atoms with Crippen molar-refractivity contribution in [3.63, 3.8) is 0 Å². The maximum absolute atomic E-state index is 13.2. The van der Waals surface area contributed by atoms with Gasteiger partial charge in [0.05, 0.1) is 22.5 Å². The largest absolute Gasteiger partial charge is 0.490 e. The van der Waals surface area contributed by atoms with Gasteiger partial charge in [0.2, 0.25) is 0 Å². The smallest absolute Gasteiger partial charge is 0.293 e. The molecule has 0 unspecified atom stereocenters. The molecular weight excluding hydrogens is 550 g/mol. The highest BCUT2D eigenvalue weighted by molar-refractivity contribution is 9.10. The highest BCUT2D eigenvalue weighted by atomic mass is 79.9. The summed E-state index contributed by atoms with van der Waals surface area (Å²) in [4.78, 5) is 27.7. The lowest BCUT2D eigenvalue weighted by atomic mass is 10.0. The molecule has 0 bridgehead atoms. The third kappa shape index (κ3) is 5.58. The second kappa shape index (κ2) is 11.2. The summed E-state index contributed by atoms with van der Waals surface area (Å²) in [7, 11) is 0. The molecule has 0 saturated carbocycles. The number of imide groups is 1. The van der Waals surface area contributed by atoms with Crippen LogP contribution in [0.5, 0.6) is 11.5 Å². The number of hydrogen-bond donors (Lipinski definition) is 0. The molecule has 186 valence electrons. The lowest BCUT2D eigenvalue weighted by Gasteiger charge is -2.15. The number of ether oxygens (including phenoxy) is 2. The normalized spacial score (nSPS) is 14.5. The highest BCUT2D eigenvalue weighted by Crippen LogP contribution is 2.40. The lowest BCUT2D eigenvalue weighted by molar-refractivity contribution is -0.123. The molecule has 1 saturated heterocycles. The molecule has 7 heteroatoms. The molecule has 1 aliphatic rings. The van der Waals surface area contributed by atoms with Crippen LogP contribution in [0.15, 0.2) is 94.3 Å². The Balaban J connectivity index is 1.38. The van der Waals surface area contributed by atoms with Gasteiger partial charge in [-0.3, -0.25) is 14.5 Å². The summed E-state index contributed by atoms with van der Waals surface area (Å²) < 4.78 is 12.6. The zero-order chi connectivity index (χ0) is 25.8. The van der Waals surface area contributed by atoms with Gasteiger partial charge in [0.15, 0.2) is 11.5 Å². The van der Waals surface area contributed by atoms with Crippen LogP contribution >= 0.6 is 27.7 Å². The van der Waals surface area contributed by atoms with E-state index in [0.717, 1.165) is 39.2 Å². The van der Waals surface area contributed by atoms with E-state index in [9.17, 15) is 9.59 Å². The molecule has 1 fully saturated rings. The van der Waals surface area contributed by atoms with Crippen molar-refractivity contribution in [3.05, 3.63) is 111 Å². The summed E-state index contributed by atoms with van der Waals surface area (Å²) in [5, 5.41) is 1.82. The Morgan fingerprint density at radius 2 is 1.68 bits per heavy atom. The van der Waals surface area contributed by atoms with Crippen LogP contribution < -0.4 is 9.47 Å². The molecule has 4 aromatic carbocycles. The average Bonchev–Trinajstić information content (AvgIpc) is 3.16. The van der Waals surface area contributed by atoms with Gasteiger partial charge in [0, 0.05) is 0 Å². The van der Waals surface area contributed by atoms with Crippen LogP contribution in [0.4, 0.5) is 4.79 Å². The van der Waals surface area contributed by atoms with Crippen molar-refractivity contribution >= 4 is 55.7 Å². The van der Waals surface area contributed by atoms with Gasteiger partial charge in [-0.1, -0.05) is 72.8 Å². The molecule has 37 heavy (non-hydrogen) atoms. The molecule has 1 heterocycles. The van der Waals surface area contributed by atoms with Crippen molar-refractivity contribution in [3.8, 4) is 11.5 Å². The molecule has 0 spiro atoms. The van der Waals surface area contributed by atoms with Crippen LogP contribution in [0.3, 0.4) is 0 Å². The molecular formula is C30H24BrNO4S. The lowest BCUT2D eigenvalue weighted by Crippen LogP contribution is -2.27. The average molecular weight is 574 g/mol. The van der Waals surface area contributed by atoms with Crippen molar-refractivity contribution < 1.29 is 19.1 Å². The standard InChI is InChI=1S/C30H24BrNO4S/c1-2-35-26-16-21(15-25(31)28(26)36-19-20-9-4-3-5-10-20)17-27-29(33)32(30(34)37-27)18-23-13-8-12-22-11-6-7-14-24(22)23/h3-17H,2,18-19H2,1H3/b27-17-. The van der Waals surface area contributed by atoms with E-state index in [2.05, 4.69) is 15.9 Å². The number of nitrogens with zero attached hydrogens (tertiary/aromatic N) is 1. The van der Waals surface area contributed by atoms with E-state index >= 15 is 0 Å². The highest BCUT2D eigenvalue weighted by Gasteiger charge is 2.35. The van der Waals surface area contributed by atoms with Crippen LogP contribution in [-0.4, -0.2) is 22.7 Å². The van der Waals surface area contributed by atoms with Crippen molar-refractivity contribution in [2.75, 3.05) is 6.61 Å². The summed E-state index contributed by atoms with van der Waals surface area (Å²) in [6, 6.07) is 27.5. The Hall–Kier alpha value is -3.55. The number of thioether (sulfide) groups is 1. The summed E-state index contributed by atoms with van der Waals surface area (Å²) in [5.41, 5.74) is 2.71. The van der Waals surface area contributed by atoms with Gasteiger partial charge in [-0.25, -0.2) is 0 Å². The maximum atomic E-state index is 13.2. The fraction of sp³-hybridized carbons (Fsp3) is 0.133. The van der Waals surface area contributed by atoms with E-state index in [1.165, 1.54) is 4.90 Å². The zero-order valence-electron chi connectivity index (χ0n) is 20.1. The third-order valence-electron chi connectivity index (χ3n) is 5.94. The Kier molecular flexibility index (Phi) is 7.63. The number of rotatable bonds is 8. The molecule has 5 rings (SSSR count). The number of amides is 2. The van der Waals surface area contributed by atoms with Gasteiger partial charge in [0.1, 0.15) is 6.61 Å². The van der Waals surface area contributed by atoms with Gasteiger partial charge in [-0.05, 0) is 80.3 Å². The SMILES string of the molecule is CCOc1cc(/C=C2\SC(=O)N(Cc3cccc4ccccc34)C2=O)cc(Br)c1OCc1ccccc1. The number of carbonyl (C=O) groups is 2. The fourth-order valence-electron chi connectivity index (χ4n) is 4.19. The quantitative estimate of drug-likeness (QED) is 0.201. The van der Waals surface area contributed by atoms with Crippen molar-refractivity contribution in [2.45, 2.75) is 20.1 Å². The van der Waals surface area contributed by atoms with Crippen molar-refractivity contribution in [1.82, 2.24) is 4.90 Å². The second-order valence-corrected chi connectivity index (χ2v) is 10.3.